The van der Waals surface area contributed by atoms with Crippen LogP contribution in [0.1, 0.15) is 284 Å². The van der Waals surface area contributed by atoms with Gasteiger partial charge in [0, 0.05) is 12.8 Å². The number of unbranched alkanes of at least 4 members (excludes halogenated alkanes) is 34. The SMILES string of the molecule is CCCCC/C=C\C/C=C\CCCCCCCC(=O)OCCCCCCCCCCCCCCCCCCCC(=O)NC(CO)C(O)CCCCCCCCCCCCC. The van der Waals surface area contributed by atoms with Crippen LogP contribution < -0.4 is 5.32 Å². The summed E-state index contributed by atoms with van der Waals surface area (Å²) in [5.41, 5.74) is 0. The number of aliphatic hydroxyl groups excluding tert-OH is 2. The van der Waals surface area contributed by atoms with Gasteiger partial charge in [-0.05, 0) is 57.8 Å². The van der Waals surface area contributed by atoms with E-state index in [2.05, 4.69) is 43.5 Å². The molecule has 1 amide bonds. The zero-order chi connectivity index (χ0) is 43.7. The summed E-state index contributed by atoms with van der Waals surface area (Å²) < 4.78 is 5.46. The molecular weight excluding hydrogens is 743 g/mol. The maximum atomic E-state index is 12.4. The van der Waals surface area contributed by atoms with Gasteiger partial charge in [-0.3, -0.25) is 9.59 Å². The van der Waals surface area contributed by atoms with Gasteiger partial charge in [-0.25, -0.2) is 0 Å². The molecule has 3 N–H and O–H groups in total. The lowest BCUT2D eigenvalue weighted by Gasteiger charge is -2.22. The van der Waals surface area contributed by atoms with Crippen molar-refractivity contribution in [3.05, 3.63) is 24.3 Å². The first-order chi connectivity index (χ1) is 29.5. The normalized spacial score (nSPS) is 12.8. The Balaban J connectivity index is 3.41. The molecule has 0 bridgehead atoms. The first-order valence-corrected chi connectivity index (χ1v) is 26.6. The van der Waals surface area contributed by atoms with Crippen molar-refractivity contribution in [2.24, 2.45) is 0 Å². The van der Waals surface area contributed by atoms with E-state index in [1.54, 1.807) is 0 Å². The number of allylic oxidation sites excluding steroid dienone is 4. The van der Waals surface area contributed by atoms with Crippen LogP contribution in [0.15, 0.2) is 24.3 Å². The van der Waals surface area contributed by atoms with Gasteiger partial charge in [0.15, 0.2) is 0 Å². The van der Waals surface area contributed by atoms with Crippen molar-refractivity contribution < 1.29 is 24.5 Å². The summed E-state index contributed by atoms with van der Waals surface area (Å²) in [7, 11) is 0. The third kappa shape index (κ3) is 45.9. The van der Waals surface area contributed by atoms with E-state index >= 15 is 0 Å². The standard InChI is InChI=1S/C54H103NO5/c1-3-5-7-9-11-13-15-16-20-24-28-32-36-40-44-48-54(59)60-49-45-41-37-33-29-25-22-19-17-18-21-23-27-31-35-39-43-47-53(58)55-51(50-56)52(57)46-42-38-34-30-26-14-12-10-8-6-4-2/h11,13,16,20,51-52,56-57H,3-10,12,14-15,17-19,21-50H2,1-2H3,(H,55,58)/b13-11-,20-16-. The molecule has 0 saturated heterocycles. The number of rotatable bonds is 49. The number of hydrogen-bond donors (Lipinski definition) is 3. The molecule has 2 atom stereocenters. The van der Waals surface area contributed by atoms with Crippen molar-refractivity contribution in [1.82, 2.24) is 5.32 Å². The highest BCUT2D eigenvalue weighted by molar-refractivity contribution is 5.76. The van der Waals surface area contributed by atoms with Crippen molar-refractivity contribution in [2.45, 2.75) is 296 Å². The molecule has 0 aromatic rings. The fourth-order valence-corrected chi connectivity index (χ4v) is 8.14. The molecule has 6 nitrogen and oxygen atoms in total. The third-order valence-corrected chi connectivity index (χ3v) is 12.3. The fourth-order valence-electron chi connectivity index (χ4n) is 8.14. The number of aliphatic hydroxyl groups is 2. The Hall–Kier alpha value is -1.66. The molecule has 0 heterocycles. The summed E-state index contributed by atoms with van der Waals surface area (Å²) in [6, 6.07) is -0.544. The summed E-state index contributed by atoms with van der Waals surface area (Å²) in [5, 5.41) is 23.1. The van der Waals surface area contributed by atoms with E-state index in [-0.39, 0.29) is 18.5 Å². The Morgan fingerprint density at radius 1 is 0.467 bits per heavy atom. The summed E-state index contributed by atoms with van der Waals surface area (Å²) in [4.78, 5) is 24.4. The van der Waals surface area contributed by atoms with Gasteiger partial charge in [0.2, 0.25) is 5.91 Å². The molecule has 354 valence electrons. The number of carbonyl (C=O) groups excluding carboxylic acids is 2. The van der Waals surface area contributed by atoms with Crippen LogP contribution in [0.4, 0.5) is 0 Å². The lowest BCUT2D eigenvalue weighted by atomic mass is 10.0. The van der Waals surface area contributed by atoms with Crippen LogP contribution in [0.5, 0.6) is 0 Å². The van der Waals surface area contributed by atoms with Gasteiger partial charge < -0.3 is 20.3 Å². The number of nitrogens with one attached hydrogen (secondary N) is 1. The molecule has 6 heteroatoms. The van der Waals surface area contributed by atoms with Crippen molar-refractivity contribution in [3.63, 3.8) is 0 Å². The number of esters is 1. The van der Waals surface area contributed by atoms with E-state index in [1.165, 1.54) is 199 Å². The topological polar surface area (TPSA) is 95.9 Å². The van der Waals surface area contributed by atoms with E-state index in [0.717, 1.165) is 51.4 Å². The van der Waals surface area contributed by atoms with Crippen LogP contribution in [0.25, 0.3) is 0 Å². The van der Waals surface area contributed by atoms with Crippen molar-refractivity contribution in [1.29, 1.82) is 0 Å². The summed E-state index contributed by atoms with van der Waals surface area (Å²) in [6.45, 7) is 4.90. The average Bonchev–Trinajstić information content (AvgIpc) is 3.25. The highest BCUT2D eigenvalue weighted by atomic mass is 16.5. The van der Waals surface area contributed by atoms with Crippen LogP contribution in [0, 0.1) is 0 Å². The average molecular weight is 846 g/mol. The zero-order valence-corrected chi connectivity index (χ0v) is 40.2. The smallest absolute Gasteiger partial charge is 0.305 e. The van der Waals surface area contributed by atoms with Gasteiger partial charge in [-0.2, -0.15) is 0 Å². The Labute approximate surface area is 373 Å². The van der Waals surface area contributed by atoms with E-state index in [0.29, 0.717) is 25.9 Å². The Kier molecular flexibility index (Phi) is 48.6. The molecule has 0 spiro atoms. The molecule has 0 aromatic heterocycles. The summed E-state index contributed by atoms with van der Waals surface area (Å²) in [6.07, 6.45) is 58.6. The number of hydrogen-bond acceptors (Lipinski definition) is 5. The van der Waals surface area contributed by atoms with Gasteiger partial charge in [-0.1, -0.05) is 237 Å². The number of carbonyl (C=O) groups is 2. The molecule has 0 aliphatic heterocycles. The first-order valence-electron chi connectivity index (χ1n) is 26.6. The van der Waals surface area contributed by atoms with Crippen molar-refractivity contribution in [3.8, 4) is 0 Å². The summed E-state index contributed by atoms with van der Waals surface area (Å²) in [5.74, 6) is -0.0506. The molecule has 0 radical (unpaired) electrons. The van der Waals surface area contributed by atoms with E-state index in [4.69, 9.17) is 4.74 Å². The number of ether oxygens (including phenoxy) is 1. The maximum absolute atomic E-state index is 12.4. The Morgan fingerprint density at radius 3 is 1.30 bits per heavy atom. The quantitative estimate of drug-likeness (QED) is 0.0322. The van der Waals surface area contributed by atoms with Gasteiger partial charge in [-0.15, -0.1) is 0 Å². The molecule has 0 aromatic carbocycles. The van der Waals surface area contributed by atoms with Crippen LogP contribution in [-0.4, -0.2) is 47.4 Å². The Morgan fingerprint density at radius 2 is 0.833 bits per heavy atom. The van der Waals surface area contributed by atoms with Crippen LogP contribution in [0.2, 0.25) is 0 Å². The molecule has 0 aliphatic carbocycles. The predicted molar refractivity (Wildman–Crippen MR) is 260 cm³/mol. The molecule has 60 heavy (non-hydrogen) atoms. The molecule has 0 rings (SSSR count). The minimum absolute atomic E-state index is 0.00883. The second-order valence-corrected chi connectivity index (χ2v) is 18.2. The Bertz CT molecular complexity index is 935. The largest absolute Gasteiger partial charge is 0.466 e. The predicted octanol–water partition coefficient (Wildman–Crippen LogP) is 15.9. The first kappa shape index (κ1) is 58.3. The van der Waals surface area contributed by atoms with E-state index in [1.807, 2.05) is 0 Å². The van der Waals surface area contributed by atoms with E-state index in [9.17, 15) is 19.8 Å². The van der Waals surface area contributed by atoms with Crippen LogP contribution in [0.3, 0.4) is 0 Å². The molecule has 0 saturated carbocycles. The highest BCUT2D eigenvalue weighted by Gasteiger charge is 2.20. The highest BCUT2D eigenvalue weighted by Crippen LogP contribution is 2.17. The molecule has 2 unspecified atom stereocenters. The molecule has 0 aliphatic rings. The second-order valence-electron chi connectivity index (χ2n) is 18.2. The minimum atomic E-state index is -0.666. The lowest BCUT2D eigenvalue weighted by Crippen LogP contribution is -2.45. The lowest BCUT2D eigenvalue weighted by molar-refractivity contribution is -0.143. The molecule has 0 fully saturated rings. The van der Waals surface area contributed by atoms with Crippen molar-refractivity contribution in [2.75, 3.05) is 13.2 Å². The van der Waals surface area contributed by atoms with Gasteiger partial charge in [0.05, 0.1) is 25.4 Å². The summed E-state index contributed by atoms with van der Waals surface area (Å²) >= 11 is 0. The van der Waals surface area contributed by atoms with Gasteiger partial charge >= 0.3 is 5.97 Å². The third-order valence-electron chi connectivity index (χ3n) is 12.3. The maximum Gasteiger partial charge on any atom is 0.305 e. The second kappa shape index (κ2) is 50.0. The zero-order valence-electron chi connectivity index (χ0n) is 40.2. The monoisotopic (exact) mass is 846 g/mol. The van der Waals surface area contributed by atoms with Gasteiger partial charge in [0.25, 0.3) is 0 Å². The minimum Gasteiger partial charge on any atom is -0.466 e. The van der Waals surface area contributed by atoms with Crippen molar-refractivity contribution >= 4 is 11.9 Å². The number of amides is 1. The van der Waals surface area contributed by atoms with Crippen LogP contribution in [-0.2, 0) is 14.3 Å². The fraction of sp³-hybridized carbons (Fsp3) is 0.889. The molecular formula is C54H103NO5. The van der Waals surface area contributed by atoms with Gasteiger partial charge in [0.1, 0.15) is 0 Å². The van der Waals surface area contributed by atoms with E-state index < -0.39 is 12.1 Å². The van der Waals surface area contributed by atoms with Crippen LogP contribution >= 0.6 is 0 Å².